The molecule has 2 atom stereocenters. The van der Waals surface area contributed by atoms with Gasteiger partial charge in [-0.25, -0.2) is 0 Å². The molecule has 1 nitrogen and oxygen atoms in total. The zero-order chi connectivity index (χ0) is 9.68. The van der Waals surface area contributed by atoms with Crippen LogP contribution in [0, 0.1) is 11.8 Å². The first kappa shape index (κ1) is 10.8. The van der Waals surface area contributed by atoms with Gasteiger partial charge in [0.15, 0.2) is 0 Å². The van der Waals surface area contributed by atoms with Crippen LogP contribution in [0.5, 0.6) is 0 Å². The van der Waals surface area contributed by atoms with Crippen LogP contribution < -0.4 is 5.32 Å². The average molecular weight is 181 g/mol. The lowest BCUT2D eigenvalue weighted by atomic mass is 10.1. The van der Waals surface area contributed by atoms with Crippen molar-refractivity contribution in [2.75, 3.05) is 13.1 Å². The predicted octanol–water partition coefficient (Wildman–Crippen LogP) is 2.98. The Morgan fingerprint density at radius 3 is 2.77 bits per heavy atom. The Labute approximate surface area is 82.6 Å². The van der Waals surface area contributed by atoms with Crippen LogP contribution in [-0.4, -0.2) is 13.1 Å². The van der Waals surface area contributed by atoms with Gasteiger partial charge in [-0.3, -0.25) is 0 Å². The van der Waals surface area contributed by atoms with E-state index in [0.29, 0.717) is 0 Å². The minimum Gasteiger partial charge on any atom is -0.313 e. The number of rotatable bonds is 5. The van der Waals surface area contributed by atoms with E-state index in [1.165, 1.54) is 31.4 Å². The Kier molecular flexibility index (Phi) is 4.51. The van der Waals surface area contributed by atoms with E-state index < -0.39 is 0 Å². The summed E-state index contributed by atoms with van der Waals surface area (Å²) in [6.07, 6.45) is 5.38. The summed E-state index contributed by atoms with van der Waals surface area (Å²) in [5, 5.41) is 3.50. The van der Waals surface area contributed by atoms with Crippen LogP contribution in [0.4, 0.5) is 0 Å². The third kappa shape index (κ3) is 3.95. The molecule has 1 N–H and O–H groups in total. The molecule has 1 saturated carbocycles. The second kappa shape index (κ2) is 5.43. The van der Waals surface area contributed by atoms with Crippen molar-refractivity contribution in [2.45, 2.75) is 39.5 Å². The van der Waals surface area contributed by atoms with Crippen molar-refractivity contribution in [3.8, 4) is 0 Å². The average Bonchev–Trinajstić information content (AvgIpc) is 2.51. The molecule has 0 bridgehead atoms. The molecule has 1 rings (SSSR count). The second-order valence-electron chi connectivity index (χ2n) is 4.52. The van der Waals surface area contributed by atoms with E-state index in [1.807, 2.05) is 0 Å². The molecule has 76 valence electrons. The Bertz CT molecular complexity index is 163. The van der Waals surface area contributed by atoms with Crippen LogP contribution >= 0.6 is 0 Å². The van der Waals surface area contributed by atoms with E-state index in [2.05, 4.69) is 25.7 Å². The van der Waals surface area contributed by atoms with Crippen molar-refractivity contribution in [2.24, 2.45) is 11.8 Å². The van der Waals surface area contributed by atoms with E-state index in [0.717, 1.165) is 24.8 Å². The van der Waals surface area contributed by atoms with Crippen LogP contribution in [0.2, 0.25) is 0 Å². The van der Waals surface area contributed by atoms with Crippen LogP contribution in [0.3, 0.4) is 0 Å². The van der Waals surface area contributed by atoms with Crippen LogP contribution in [0.1, 0.15) is 39.5 Å². The summed E-state index contributed by atoms with van der Waals surface area (Å²) in [4.78, 5) is 0. The van der Waals surface area contributed by atoms with E-state index in [9.17, 15) is 0 Å². The van der Waals surface area contributed by atoms with E-state index >= 15 is 0 Å². The fraction of sp³-hybridized carbons (Fsp3) is 0.833. The molecule has 0 heterocycles. The van der Waals surface area contributed by atoms with E-state index in [1.54, 1.807) is 0 Å². The van der Waals surface area contributed by atoms with E-state index in [-0.39, 0.29) is 0 Å². The summed E-state index contributed by atoms with van der Waals surface area (Å²) in [6.45, 7) is 10.7. The molecule has 1 aliphatic carbocycles. The SMILES string of the molecule is C=C(CC)CNCC1CCC(C)C1. The van der Waals surface area contributed by atoms with Gasteiger partial charge in [0, 0.05) is 6.54 Å². The molecule has 0 aliphatic heterocycles. The van der Waals surface area contributed by atoms with Gasteiger partial charge in [-0.15, -0.1) is 0 Å². The van der Waals surface area contributed by atoms with Crippen LogP contribution in [0.25, 0.3) is 0 Å². The third-order valence-electron chi connectivity index (χ3n) is 3.11. The molecule has 1 heteroatoms. The van der Waals surface area contributed by atoms with Gasteiger partial charge in [-0.2, -0.15) is 0 Å². The second-order valence-corrected chi connectivity index (χ2v) is 4.52. The quantitative estimate of drug-likeness (QED) is 0.643. The topological polar surface area (TPSA) is 12.0 Å². The lowest BCUT2D eigenvalue weighted by molar-refractivity contribution is 0.480. The van der Waals surface area contributed by atoms with Gasteiger partial charge >= 0.3 is 0 Å². The number of nitrogens with one attached hydrogen (secondary N) is 1. The Morgan fingerprint density at radius 2 is 2.23 bits per heavy atom. The number of hydrogen-bond acceptors (Lipinski definition) is 1. The maximum atomic E-state index is 3.99. The molecule has 0 radical (unpaired) electrons. The Morgan fingerprint density at radius 1 is 1.46 bits per heavy atom. The summed E-state index contributed by atoms with van der Waals surface area (Å²) >= 11 is 0. The highest BCUT2D eigenvalue weighted by Gasteiger charge is 2.20. The van der Waals surface area contributed by atoms with Gasteiger partial charge < -0.3 is 5.32 Å². The van der Waals surface area contributed by atoms with Crippen molar-refractivity contribution in [1.29, 1.82) is 0 Å². The van der Waals surface area contributed by atoms with E-state index in [4.69, 9.17) is 0 Å². The van der Waals surface area contributed by atoms with Crippen LogP contribution in [0.15, 0.2) is 12.2 Å². The standard InChI is InChI=1S/C12H23N/c1-4-10(2)8-13-9-12-6-5-11(3)7-12/h11-13H,2,4-9H2,1,3H3. The van der Waals surface area contributed by atoms with Gasteiger partial charge in [0.1, 0.15) is 0 Å². The molecule has 13 heavy (non-hydrogen) atoms. The largest absolute Gasteiger partial charge is 0.313 e. The molecule has 0 aromatic heterocycles. The predicted molar refractivity (Wildman–Crippen MR) is 58.8 cm³/mol. The fourth-order valence-corrected chi connectivity index (χ4v) is 2.09. The highest BCUT2D eigenvalue weighted by Crippen LogP contribution is 2.29. The Balaban J connectivity index is 2.03. The van der Waals surface area contributed by atoms with Crippen molar-refractivity contribution >= 4 is 0 Å². The van der Waals surface area contributed by atoms with Gasteiger partial charge in [0.05, 0.1) is 0 Å². The number of hydrogen-bond donors (Lipinski definition) is 1. The monoisotopic (exact) mass is 181 g/mol. The summed E-state index contributed by atoms with van der Waals surface area (Å²) in [5.41, 5.74) is 1.33. The molecular weight excluding hydrogens is 158 g/mol. The molecule has 0 aromatic rings. The van der Waals surface area contributed by atoms with Gasteiger partial charge in [0.25, 0.3) is 0 Å². The molecule has 1 aliphatic rings. The smallest absolute Gasteiger partial charge is 0.0161 e. The minimum absolute atomic E-state index is 0.930. The maximum Gasteiger partial charge on any atom is 0.0161 e. The van der Waals surface area contributed by atoms with Crippen molar-refractivity contribution in [1.82, 2.24) is 5.32 Å². The normalized spacial score (nSPS) is 27.8. The highest BCUT2D eigenvalue weighted by atomic mass is 14.9. The highest BCUT2D eigenvalue weighted by molar-refractivity contribution is 4.95. The minimum atomic E-state index is 0.930. The van der Waals surface area contributed by atoms with Crippen LogP contribution in [-0.2, 0) is 0 Å². The lowest BCUT2D eigenvalue weighted by Crippen LogP contribution is -2.23. The summed E-state index contributed by atoms with van der Waals surface area (Å²) in [5.74, 6) is 1.89. The lowest BCUT2D eigenvalue weighted by Gasteiger charge is -2.11. The Hall–Kier alpha value is -0.300. The van der Waals surface area contributed by atoms with Crippen molar-refractivity contribution in [3.05, 3.63) is 12.2 Å². The first-order valence-corrected chi connectivity index (χ1v) is 5.59. The molecule has 0 amide bonds. The summed E-state index contributed by atoms with van der Waals surface area (Å²) in [7, 11) is 0. The summed E-state index contributed by atoms with van der Waals surface area (Å²) in [6, 6.07) is 0. The molecule has 0 spiro atoms. The molecule has 1 fully saturated rings. The zero-order valence-corrected chi connectivity index (χ0v) is 9.10. The molecule has 0 aromatic carbocycles. The van der Waals surface area contributed by atoms with Crippen molar-refractivity contribution < 1.29 is 0 Å². The maximum absolute atomic E-state index is 3.99. The molecule has 0 saturated heterocycles. The third-order valence-corrected chi connectivity index (χ3v) is 3.11. The van der Waals surface area contributed by atoms with Gasteiger partial charge in [-0.1, -0.05) is 32.4 Å². The fourth-order valence-electron chi connectivity index (χ4n) is 2.09. The zero-order valence-electron chi connectivity index (χ0n) is 9.10. The molecule has 2 unspecified atom stereocenters. The molecular formula is C12H23N. The van der Waals surface area contributed by atoms with Crippen molar-refractivity contribution in [3.63, 3.8) is 0 Å². The van der Waals surface area contributed by atoms with Gasteiger partial charge in [0.2, 0.25) is 0 Å². The first-order chi connectivity index (χ1) is 6.22. The van der Waals surface area contributed by atoms with Gasteiger partial charge in [-0.05, 0) is 37.6 Å². The summed E-state index contributed by atoms with van der Waals surface area (Å²) < 4.78 is 0. The first-order valence-electron chi connectivity index (χ1n) is 5.59.